The molecule has 6 nitrogen and oxygen atoms in total. The molecule has 0 amide bonds. The molecule has 0 spiro atoms. The predicted octanol–water partition coefficient (Wildman–Crippen LogP) is 1.39. The van der Waals surface area contributed by atoms with Gasteiger partial charge in [-0.25, -0.2) is 4.79 Å². The zero-order chi connectivity index (χ0) is 15.3. The third-order valence-electron chi connectivity index (χ3n) is 2.62. The summed E-state index contributed by atoms with van der Waals surface area (Å²) in [7, 11) is 0. The molecule has 1 rings (SSSR count). The Labute approximate surface area is 120 Å². The van der Waals surface area contributed by atoms with E-state index in [1.54, 1.807) is 6.92 Å². The van der Waals surface area contributed by atoms with E-state index in [0.29, 0.717) is 0 Å². The smallest absolute Gasteiger partial charge is 0.337 e. The van der Waals surface area contributed by atoms with Crippen LogP contribution in [0.3, 0.4) is 0 Å². The highest BCUT2D eigenvalue weighted by Crippen LogP contribution is 2.28. The predicted molar refractivity (Wildman–Crippen MR) is 70.6 cm³/mol. The molecule has 0 radical (unpaired) electrons. The van der Waals surface area contributed by atoms with E-state index in [0.717, 1.165) is 0 Å². The zero-order valence-electron chi connectivity index (χ0n) is 10.7. The van der Waals surface area contributed by atoms with Gasteiger partial charge < -0.3 is 20.1 Å². The van der Waals surface area contributed by atoms with Crippen LogP contribution in [0.5, 0.6) is 0 Å². The Morgan fingerprint density at radius 3 is 2.55 bits per heavy atom. The van der Waals surface area contributed by atoms with Gasteiger partial charge in [0.2, 0.25) is 0 Å². The third kappa shape index (κ3) is 3.93. The van der Waals surface area contributed by atoms with Crippen molar-refractivity contribution in [1.82, 2.24) is 0 Å². The summed E-state index contributed by atoms with van der Waals surface area (Å²) >= 11 is 5.76. The summed E-state index contributed by atoms with van der Waals surface area (Å²) in [5.41, 5.74) is -0.355. The highest BCUT2D eigenvalue weighted by atomic mass is 35.5. The number of ether oxygens (including phenoxy) is 1. The van der Waals surface area contributed by atoms with Crippen LogP contribution in [0.4, 0.5) is 0 Å². The number of aliphatic hydroxyl groups is 2. The molecule has 0 bridgehead atoms. The number of carboxylic acids is 1. The lowest BCUT2D eigenvalue weighted by atomic mass is 9.97. The Kier molecular flexibility index (Phi) is 5.94. The number of esters is 1. The maximum Gasteiger partial charge on any atom is 0.337 e. The second-order valence-corrected chi connectivity index (χ2v) is 4.44. The summed E-state index contributed by atoms with van der Waals surface area (Å²) in [5.74, 6) is -2.01. The van der Waals surface area contributed by atoms with E-state index in [-0.39, 0.29) is 22.8 Å². The molecule has 20 heavy (non-hydrogen) atoms. The number of aromatic carboxylic acids is 1. The molecule has 1 aromatic rings. The summed E-state index contributed by atoms with van der Waals surface area (Å²) in [6, 6.07) is 4.14. The van der Waals surface area contributed by atoms with E-state index < -0.39 is 30.6 Å². The minimum Gasteiger partial charge on any atom is -0.478 e. The fourth-order valence-corrected chi connectivity index (χ4v) is 1.99. The number of hydrogen-bond donors (Lipinski definition) is 3. The van der Waals surface area contributed by atoms with E-state index >= 15 is 0 Å². The molecule has 0 saturated heterocycles. The molecule has 0 heterocycles. The number of rotatable bonds is 6. The summed E-state index contributed by atoms with van der Waals surface area (Å²) in [4.78, 5) is 22.4. The Hall–Kier alpha value is -1.63. The number of halogens is 1. The number of aliphatic hydroxyl groups excluding tert-OH is 2. The van der Waals surface area contributed by atoms with Crippen molar-refractivity contribution >= 4 is 23.5 Å². The van der Waals surface area contributed by atoms with Crippen LogP contribution in [0, 0.1) is 0 Å². The first-order chi connectivity index (χ1) is 9.38. The van der Waals surface area contributed by atoms with Gasteiger partial charge in [-0.15, -0.1) is 0 Å². The van der Waals surface area contributed by atoms with Crippen LogP contribution in [-0.4, -0.2) is 40.0 Å². The molecule has 110 valence electrons. The summed E-state index contributed by atoms with van der Waals surface area (Å²) < 4.78 is 4.65. The molecule has 2 unspecified atom stereocenters. The van der Waals surface area contributed by atoms with Gasteiger partial charge in [0.1, 0.15) is 6.10 Å². The SMILES string of the molecule is CCOC(=O)CC(O)C(O)c1cccc(Cl)c1C(=O)O. The van der Waals surface area contributed by atoms with Gasteiger partial charge in [0.25, 0.3) is 0 Å². The van der Waals surface area contributed by atoms with Crippen LogP contribution in [-0.2, 0) is 9.53 Å². The molecule has 0 aliphatic rings. The lowest BCUT2D eigenvalue weighted by molar-refractivity contribution is -0.147. The van der Waals surface area contributed by atoms with Crippen molar-refractivity contribution in [2.75, 3.05) is 6.61 Å². The average molecular weight is 303 g/mol. The molecular formula is C13H15ClO6. The van der Waals surface area contributed by atoms with E-state index in [4.69, 9.17) is 16.7 Å². The second kappa shape index (κ2) is 7.23. The van der Waals surface area contributed by atoms with Gasteiger partial charge >= 0.3 is 11.9 Å². The molecular weight excluding hydrogens is 288 g/mol. The molecule has 7 heteroatoms. The third-order valence-corrected chi connectivity index (χ3v) is 2.94. The summed E-state index contributed by atoms with van der Waals surface area (Å²) in [6.45, 7) is 1.76. The fourth-order valence-electron chi connectivity index (χ4n) is 1.72. The van der Waals surface area contributed by atoms with Crippen molar-refractivity contribution in [2.45, 2.75) is 25.6 Å². The first-order valence-corrected chi connectivity index (χ1v) is 6.29. The minimum absolute atomic E-state index is 0.0539. The number of hydrogen-bond acceptors (Lipinski definition) is 5. The lowest BCUT2D eigenvalue weighted by Crippen LogP contribution is -2.24. The summed E-state index contributed by atoms with van der Waals surface area (Å²) in [5, 5.41) is 28.8. The zero-order valence-corrected chi connectivity index (χ0v) is 11.5. The van der Waals surface area contributed by atoms with E-state index in [1.807, 2.05) is 0 Å². The van der Waals surface area contributed by atoms with E-state index in [1.165, 1.54) is 18.2 Å². The largest absolute Gasteiger partial charge is 0.478 e. The Bertz CT molecular complexity index is 502. The molecule has 2 atom stereocenters. The minimum atomic E-state index is -1.55. The highest BCUT2D eigenvalue weighted by molar-refractivity contribution is 6.33. The number of carboxylic acid groups (broad SMARTS) is 1. The Morgan fingerprint density at radius 2 is 2.00 bits per heavy atom. The summed E-state index contributed by atoms with van der Waals surface area (Å²) in [6.07, 6.45) is -3.48. The van der Waals surface area contributed by atoms with Gasteiger partial charge in [0.05, 0.1) is 29.7 Å². The molecule has 0 aliphatic heterocycles. The number of carbonyl (C=O) groups excluding carboxylic acids is 1. The molecule has 0 aromatic heterocycles. The average Bonchev–Trinajstić information content (AvgIpc) is 2.37. The van der Waals surface area contributed by atoms with Crippen LogP contribution in [0.25, 0.3) is 0 Å². The molecule has 0 aliphatic carbocycles. The molecule has 0 saturated carbocycles. The van der Waals surface area contributed by atoms with Crippen molar-refractivity contribution in [2.24, 2.45) is 0 Å². The van der Waals surface area contributed by atoms with Crippen LogP contribution < -0.4 is 0 Å². The van der Waals surface area contributed by atoms with Crippen molar-refractivity contribution in [3.63, 3.8) is 0 Å². The van der Waals surface area contributed by atoms with Gasteiger partial charge in [-0.05, 0) is 18.6 Å². The van der Waals surface area contributed by atoms with Crippen molar-refractivity contribution in [3.05, 3.63) is 34.3 Å². The lowest BCUT2D eigenvalue weighted by Gasteiger charge is -2.19. The highest BCUT2D eigenvalue weighted by Gasteiger charge is 2.27. The normalized spacial score (nSPS) is 13.6. The van der Waals surface area contributed by atoms with Crippen molar-refractivity contribution < 1.29 is 29.6 Å². The fraction of sp³-hybridized carbons (Fsp3) is 0.385. The van der Waals surface area contributed by atoms with Gasteiger partial charge in [-0.1, -0.05) is 23.7 Å². The first-order valence-electron chi connectivity index (χ1n) is 5.91. The maximum absolute atomic E-state index is 11.2. The van der Waals surface area contributed by atoms with Gasteiger partial charge in [-0.2, -0.15) is 0 Å². The van der Waals surface area contributed by atoms with Crippen molar-refractivity contribution in [3.8, 4) is 0 Å². The monoisotopic (exact) mass is 302 g/mol. The van der Waals surface area contributed by atoms with E-state index in [9.17, 15) is 19.8 Å². The van der Waals surface area contributed by atoms with Crippen LogP contribution in [0.1, 0.15) is 35.4 Å². The number of benzene rings is 1. The molecule has 3 N–H and O–H groups in total. The first kappa shape index (κ1) is 16.4. The van der Waals surface area contributed by atoms with Crippen LogP contribution in [0.2, 0.25) is 5.02 Å². The Balaban J connectivity index is 2.97. The number of carbonyl (C=O) groups is 2. The van der Waals surface area contributed by atoms with E-state index in [2.05, 4.69) is 4.74 Å². The van der Waals surface area contributed by atoms with Crippen LogP contribution >= 0.6 is 11.6 Å². The van der Waals surface area contributed by atoms with Gasteiger partial charge in [-0.3, -0.25) is 4.79 Å². The molecule has 0 fully saturated rings. The van der Waals surface area contributed by atoms with Gasteiger partial charge in [0, 0.05) is 0 Å². The van der Waals surface area contributed by atoms with Crippen molar-refractivity contribution in [1.29, 1.82) is 0 Å². The molecule has 1 aromatic carbocycles. The maximum atomic E-state index is 11.2. The standard InChI is InChI=1S/C13H15ClO6/c1-2-20-10(16)6-9(15)12(17)7-4-3-5-8(14)11(7)13(18)19/h3-5,9,12,15,17H,2,6H2,1H3,(H,18,19). The second-order valence-electron chi connectivity index (χ2n) is 4.03. The van der Waals surface area contributed by atoms with Gasteiger partial charge in [0.15, 0.2) is 0 Å². The quantitative estimate of drug-likeness (QED) is 0.686. The van der Waals surface area contributed by atoms with Crippen LogP contribution in [0.15, 0.2) is 18.2 Å². The topological polar surface area (TPSA) is 104 Å². The Morgan fingerprint density at radius 1 is 1.35 bits per heavy atom.